The summed E-state index contributed by atoms with van der Waals surface area (Å²) in [5.74, 6) is -0.851. The minimum Gasteiger partial charge on any atom is -0.383 e. The molecule has 2 N–H and O–H groups in total. The second kappa shape index (κ2) is 6.18. The van der Waals surface area contributed by atoms with Crippen LogP contribution in [0.5, 0.6) is 0 Å². The Morgan fingerprint density at radius 1 is 1.52 bits per heavy atom. The number of aliphatic hydroxyl groups is 1. The molecule has 0 bridgehead atoms. The van der Waals surface area contributed by atoms with Gasteiger partial charge >= 0.3 is 12.2 Å². The van der Waals surface area contributed by atoms with Crippen LogP contribution in [0.1, 0.15) is 17.7 Å². The highest BCUT2D eigenvalue weighted by molar-refractivity contribution is 7.15. The van der Waals surface area contributed by atoms with E-state index in [-0.39, 0.29) is 32.0 Å². The number of amides is 2. The van der Waals surface area contributed by atoms with E-state index in [9.17, 15) is 23.1 Å². The molecule has 1 saturated heterocycles. The molecule has 0 unspecified atom stereocenters. The van der Waals surface area contributed by atoms with Crippen LogP contribution in [0.4, 0.5) is 23.1 Å². The minimum atomic E-state index is -4.60. The molecule has 1 aromatic rings. The number of likely N-dealkylation sites (tertiary alicyclic amines) is 1. The minimum absolute atomic E-state index is 0.130. The van der Waals surface area contributed by atoms with Crippen molar-refractivity contribution in [3.63, 3.8) is 0 Å². The predicted octanol–water partition coefficient (Wildman–Crippen LogP) is 2.62. The summed E-state index contributed by atoms with van der Waals surface area (Å²) in [6, 6.07) is -0.371. The molecule has 1 atom stereocenters. The van der Waals surface area contributed by atoms with E-state index < -0.39 is 18.2 Å². The van der Waals surface area contributed by atoms with Crippen LogP contribution < -0.4 is 5.32 Å². The van der Waals surface area contributed by atoms with E-state index in [4.69, 9.17) is 0 Å². The first kappa shape index (κ1) is 16.0. The van der Waals surface area contributed by atoms with Gasteiger partial charge in [0.1, 0.15) is 0 Å². The zero-order chi connectivity index (χ0) is 15.6. The van der Waals surface area contributed by atoms with Gasteiger partial charge in [0.05, 0.1) is 0 Å². The van der Waals surface area contributed by atoms with Crippen molar-refractivity contribution >= 4 is 22.5 Å². The maximum Gasteiger partial charge on any atom is 0.414 e. The lowest BCUT2D eigenvalue weighted by atomic mass is 9.91. The van der Waals surface area contributed by atoms with E-state index in [0.717, 1.165) is 4.88 Å². The van der Waals surface area contributed by atoms with Crippen molar-refractivity contribution in [1.29, 1.82) is 0 Å². The summed E-state index contributed by atoms with van der Waals surface area (Å²) in [5.41, 5.74) is 0. The van der Waals surface area contributed by atoms with Crippen LogP contribution in [0.3, 0.4) is 0 Å². The van der Waals surface area contributed by atoms with Crippen LogP contribution in [0.15, 0.2) is 6.20 Å². The second-order valence-corrected chi connectivity index (χ2v) is 6.25. The van der Waals surface area contributed by atoms with Crippen LogP contribution in [0.2, 0.25) is 0 Å². The maximum atomic E-state index is 12.4. The van der Waals surface area contributed by atoms with Gasteiger partial charge in [0.25, 0.3) is 0 Å². The Bertz CT molecular complexity index is 498. The number of urea groups is 1. The zero-order valence-electron chi connectivity index (χ0n) is 11.4. The summed E-state index contributed by atoms with van der Waals surface area (Å²) in [4.78, 5) is 18.3. The Labute approximate surface area is 123 Å². The SMILES string of the molecule is Cc1cnc(NC(=O)N2CCC([C@@H](O)C(F)(F)F)CC2)s1. The van der Waals surface area contributed by atoms with E-state index in [0.29, 0.717) is 5.13 Å². The Morgan fingerprint density at radius 2 is 2.14 bits per heavy atom. The zero-order valence-corrected chi connectivity index (χ0v) is 12.2. The highest BCUT2D eigenvalue weighted by atomic mass is 32.1. The molecule has 2 amide bonds. The fourth-order valence-electron chi connectivity index (χ4n) is 2.27. The fraction of sp³-hybridized carbons (Fsp3) is 0.667. The van der Waals surface area contributed by atoms with Gasteiger partial charge in [-0.2, -0.15) is 13.2 Å². The number of rotatable bonds is 2. The van der Waals surface area contributed by atoms with Crippen LogP contribution in [0, 0.1) is 12.8 Å². The van der Waals surface area contributed by atoms with E-state index in [1.807, 2.05) is 6.92 Å². The summed E-state index contributed by atoms with van der Waals surface area (Å²) in [6.45, 7) is 2.24. The first-order valence-corrected chi connectivity index (χ1v) is 7.32. The van der Waals surface area contributed by atoms with E-state index in [2.05, 4.69) is 10.3 Å². The molecule has 5 nitrogen and oxygen atoms in total. The lowest BCUT2D eigenvalue weighted by Crippen LogP contribution is -2.46. The van der Waals surface area contributed by atoms with Gasteiger partial charge in [0, 0.05) is 24.2 Å². The number of nitrogens with zero attached hydrogens (tertiary/aromatic N) is 2. The average Bonchev–Trinajstić information content (AvgIpc) is 2.82. The van der Waals surface area contributed by atoms with Gasteiger partial charge < -0.3 is 10.0 Å². The Balaban J connectivity index is 1.85. The summed E-state index contributed by atoms with van der Waals surface area (Å²) in [6.07, 6.45) is -5.03. The average molecular weight is 323 g/mol. The number of aromatic nitrogens is 1. The third-order valence-electron chi connectivity index (χ3n) is 3.44. The van der Waals surface area contributed by atoms with Crippen LogP contribution in [0.25, 0.3) is 0 Å². The summed E-state index contributed by atoms with van der Waals surface area (Å²) in [7, 11) is 0. The molecule has 118 valence electrons. The number of thiazole rings is 1. The van der Waals surface area contributed by atoms with Gasteiger partial charge in [-0.15, -0.1) is 11.3 Å². The highest BCUT2D eigenvalue weighted by Gasteiger charge is 2.44. The number of aliphatic hydroxyl groups excluding tert-OH is 1. The van der Waals surface area contributed by atoms with Gasteiger partial charge in [-0.25, -0.2) is 9.78 Å². The Kier molecular flexibility index (Phi) is 4.72. The largest absolute Gasteiger partial charge is 0.414 e. The van der Waals surface area contributed by atoms with Crippen molar-refractivity contribution in [2.75, 3.05) is 18.4 Å². The number of aryl methyl sites for hydroxylation is 1. The van der Waals surface area contributed by atoms with Gasteiger partial charge in [-0.3, -0.25) is 5.32 Å². The molecule has 9 heteroatoms. The number of piperidine rings is 1. The molecule has 0 aromatic carbocycles. The van der Waals surface area contributed by atoms with Gasteiger partial charge in [-0.1, -0.05) is 0 Å². The van der Waals surface area contributed by atoms with Crippen LogP contribution >= 0.6 is 11.3 Å². The van der Waals surface area contributed by atoms with E-state index >= 15 is 0 Å². The standard InChI is InChI=1S/C12H16F3N3O2S/c1-7-6-16-10(21-7)17-11(20)18-4-2-8(3-5-18)9(19)12(13,14)15/h6,8-9,19H,2-5H2,1H3,(H,16,17,20)/t9-/m1/s1. The topological polar surface area (TPSA) is 65.5 Å². The summed E-state index contributed by atoms with van der Waals surface area (Å²) >= 11 is 1.33. The van der Waals surface area contributed by atoms with Crippen molar-refractivity contribution in [3.8, 4) is 0 Å². The van der Waals surface area contributed by atoms with Crippen molar-refractivity contribution in [2.24, 2.45) is 5.92 Å². The monoisotopic (exact) mass is 323 g/mol. The van der Waals surface area contributed by atoms with Crippen LogP contribution in [-0.2, 0) is 0 Å². The third kappa shape index (κ3) is 4.07. The summed E-state index contributed by atoms with van der Waals surface area (Å²) < 4.78 is 37.3. The third-order valence-corrected chi connectivity index (χ3v) is 4.27. The number of halogens is 3. The molecule has 1 aromatic heterocycles. The smallest absolute Gasteiger partial charge is 0.383 e. The normalized spacial score (nSPS) is 18.6. The van der Waals surface area contributed by atoms with Crippen molar-refractivity contribution in [3.05, 3.63) is 11.1 Å². The van der Waals surface area contributed by atoms with Crippen molar-refractivity contribution < 1.29 is 23.1 Å². The number of nitrogens with one attached hydrogen (secondary N) is 1. The number of hydrogen-bond acceptors (Lipinski definition) is 4. The first-order valence-electron chi connectivity index (χ1n) is 6.50. The second-order valence-electron chi connectivity index (χ2n) is 5.02. The van der Waals surface area contributed by atoms with Crippen molar-refractivity contribution in [1.82, 2.24) is 9.88 Å². The molecule has 2 heterocycles. The number of carbonyl (C=O) groups is 1. The fourth-order valence-corrected chi connectivity index (χ4v) is 2.92. The van der Waals surface area contributed by atoms with Gasteiger partial charge in [0.15, 0.2) is 11.2 Å². The first-order chi connectivity index (χ1) is 9.77. The van der Waals surface area contributed by atoms with Gasteiger partial charge in [-0.05, 0) is 25.7 Å². The number of alkyl halides is 3. The molecule has 0 spiro atoms. The van der Waals surface area contributed by atoms with Crippen LogP contribution in [-0.4, -0.2) is 46.4 Å². The Hall–Kier alpha value is -1.35. The molecular weight excluding hydrogens is 307 g/mol. The Morgan fingerprint density at radius 3 is 2.62 bits per heavy atom. The molecule has 0 aliphatic carbocycles. The quantitative estimate of drug-likeness (QED) is 0.879. The lowest BCUT2D eigenvalue weighted by molar-refractivity contribution is -0.222. The summed E-state index contributed by atoms with van der Waals surface area (Å²) in [5, 5.41) is 12.3. The highest BCUT2D eigenvalue weighted by Crippen LogP contribution is 2.31. The lowest BCUT2D eigenvalue weighted by Gasteiger charge is -2.34. The molecule has 0 saturated carbocycles. The molecule has 1 aliphatic rings. The maximum absolute atomic E-state index is 12.4. The number of anilines is 1. The number of carbonyl (C=O) groups excluding carboxylic acids is 1. The van der Waals surface area contributed by atoms with E-state index in [1.165, 1.54) is 16.2 Å². The van der Waals surface area contributed by atoms with Gasteiger partial charge in [0.2, 0.25) is 0 Å². The molecule has 21 heavy (non-hydrogen) atoms. The number of hydrogen-bond donors (Lipinski definition) is 2. The molecular formula is C12H16F3N3O2S. The molecule has 1 aliphatic heterocycles. The predicted molar refractivity (Wildman–Crippen MR) is 72.2 cm³/mol. The molecule has 2 rings (SSSR count). The van der Waals surface area contributed by atoms with E-state index in [1.54, 1.807) is 6.20 Å². The molecule has 0 radical (unpaired) electrons. The molecule has 1 fully saturated rings. The van der Waals surface area contributed by atoms with Crippen molar-refractivity contribution in [2.45, 2.75) is 32.0 Å².